The van der Waals surface area contributed by atoms with Gasteiger partial charge in [-0.25, -0.2) is 0 Å². The number of nitrogens with zero attached hydrogens (tertiary/aromatic N) is 2. The number of fused-ring (bicyclic) bond motifs is 1. The Balaban J connectivity index is 1.68. The number of hydrogen-bond donors (Lipinski definition) is 0. The van der Waals surface area contributed by atoms with Crippen LogP contribution < -0.4 is 0 Å². The minimum Gasteiger partial charge on any atom is -0.298 e. The molecule has 4 unspecified atom stereocenters. The van der Waals surface area contributed by atoms with Crippen LogP contribution in [0, 0.1) is 0 Å². The average molecular weight is 268 g/mol. The van der Waals surface area contributed by atoms with E-state index in [9.17, 15) is 0 Å². The first kappa shape index (κ1) is 13.3. The summed E-state index contributed by atoms with van der Waals surface area (Å²) in [6.45, 7) is 6.49. The van der Waals surface area contributed by atoms with Gasteiger partial charge in [0.1, 0.15) is 0 Å². The molecule has 3 heteroatoms. The maximum absolute atomic E-state index is 2.88. The minimum atomic E-state index is 0.775. The predicted molar refractivity (Wildman–Crippen MR) is 80.3 cm³/mol. The van der Waals surface area contributed by atoms with Crippen LogP contribution in [0.2, 0.25) is 0 Å². The highest BCUT2D eigenvalue weighted by Gasteiger charge is 2.40. The van der Waals surface area contributed by atoms with Gasteiger partial charge in [-0.3, -0.25) is 9.80 Å². The lowest BCUT2D eigenvalue weighted by Crippen LogP contribution is -2.61. The van der Waals surface area contributed by atoms with E-state index in [1.165, 1.54) is 58.2 Å². The summed E-state index contributed by atoms with van der Waals surface area (Å²) in [5, 5.41) is 0.905. The molecule has 4 atom stereocenters. The van der Waals surface area contributed by atoms with Crippen LogP contribution in [0.25, 0.3) is 0 Å². The van der Waals surface area contributed by atoms with Crippen LogP contribution in [0.4, 0.5) is 0 Å². The van der Waals surface area contributed by atoms with Gasteiger partial charge in [0.2, 0.25) is 0 Å². The first-order valence-corrected chi connectivity index (χ1v) is 9.11. The van der Waals surface area contributed by atoms with Gasteiger partial charge in [0.25, 0.3) is 0 Å². The Morgan fingerprint density at radius 3 is 2.72 bits per heavy atom. The molecule has 104 valence electrons. The van der Waals surface area contributed by atoms with Gasteiger partial charge in [0.05, 0.1) is 0 Å². The molecule has 3 rings (SSSR count). The lowest BCUT2D eigenvalue weighted by molar-refractivity contribution is -0.00524. The molecule has 0 amide bonds. The Kier molecular flexibility index (Phi) is 4.21. The van der Waals surface area contributed by atoms with Crippen molar-refractivity contribution in [2.24, 2.45) is 0 Å². The summed E-state index contributed by atoms with van der Waals surface area (Å²) in [4.78, 5) is 5.65. The van der Waals surface area contributed by atoms with E-state index in [-0.39, 0.29) is 0 Å². The molecule has 1 saturated carbocycles. The van der Waals surface area contributed by atoms with Crippen molar-refractivity contribution in [3.05, 3.63) is 0 Å². The Labute approximate surface area is 116 Å². The molecule has 0 aromatic carbocycles. The molecule has 2 nitrogen and oxygen atoms in total. The van der Waals surface area contributed by atoms with Crippen molar-refractivity contribution < 1.29 is 0 Å². The number of piperidine rings is 1. The second kappa shape index (κ2) is 5.72. The molecule has 3 aliphatic rings. The van der Waals surface area contributed by atoms with Gasteiger partial charge in [-0.05, 0) is 45.4 Å². The highest BCUT2D eigenvalue weighted by molar-refractivity contribution is 7.99. The van der Waals surface area contributed by atoms with E-state index in [0.717, 1.165) is 23.4 Å². The minimum absolute atomic E-state index is 0.775. The lowest BCUT2D eigenvalue weighted by atomic mass is 9.95. The first-order chi connectivity index (χ1) is 8.79. The Bertz CT molecular complexity index is 284. The van der Waals surface area contributed by atoms with Gasteiger partial charge in [0.15, 0.2) is 0 Å². The molecule has 0 spiro atoms. The van der Waals surface area contributed by atoms with Gasteiger partial charge in [-0.1, -0.05) is 12.8 Å². The first-order valence-electron chi connectivity index (χ1n) is 7.82. The monoisotopic (exact) mass is 268 g/mol. The molecule has 0 aromatic rings. The molecule has 18 heavy (non-hydrogen) atoms. The molecule has 3 fully saturated rings. The fourth-order valence-electron chi connectivity index (χ4n) is 4.40. The molecule has 1 aliphatic carbocycles. The fraction of sp³-hybridized carbons (Fsp3) is 1.00. The number of thioether (sulfide) groups is 1. The van der Waals surface area contributed by atoms with Crippen molar-refractivity contribution in [3.63, 3.8) is 0 Å². The maximum atomic E-state index is 2.88. The molecular formula is C15H28N2S. The van der Waals surface area contributed by atoms with Crippen molar-refractivity contribution in [2.45, 2.75) is 68.8 Å². The van der Waals surface area contributed by atoms with Gasteiger partial charge in [0, 0.05) is 36.5 Å². The van der Waals surface area contributed by atoms with E-state index in [2.05, 4.69) is 34.7 Å². The summed E-state index contributed by atoms with van der Waals surface area (Å²) in [6.07, 6.45) is 11.0. The zero-order chi connectivity index (χ0) is 12.5. The van der Waals surface area contributed by atoms with Crippen LogP contribution in [0.1, 0.15) is 45.4 Å². The summed E-state index contributed by atoms with van der Waals surface area (Å²) in [5.74, 6) is 0. The summed E-state index contributed by atoms with van der Waals surface area (Å²) >= 11 is 2.11. The smallest absolute Gasteiger partial charge is 0.0224 e. The van der Waals surface area contributed by atoms with E-state index < -0.39 is 0 Å². The average Bonchev–Trinajstić information content (AvgIpc) is 2.86. The Morgan fingerprint density at radius 1 is 1.00 bits per heavy atom. The molecule has 0 aromatic heterocycles. The maximum Gasteiger partial charge on any atom is 0.0224 e. The molecular weight excluding hydrogens is 240 g/mol. The van der Waals surface area contributed by atoms with Crippen molar-refractivity contribution in [3.8, 4) is 0 Å². The third-order valence-electron chi connectivity index (χ3n) is 5.38. The van der Waals surface area contributed by atoms with Crippen LogP contribution in [-0.2, 0) is 0 Å². The SMILES string of the molecule is CSC1CCCC1N1CC2CCCCN2CC1C. The molecule has 2 aliphatic heterocycles. The van der Waals surface area contributed by atoms with Gasteiger partial charge >= 0.3 is 0 Å². The van der Waals surface area contributed by atoms with Crippen LogP contribution in [0.3, 0.4) is 0 Å². The van der Waals surface area contributed by atoms with Crippen LogP contribution >= 0.6 is 11.8 Å². The van der Waals surface area contributed by atoms with Gasteiger partial charge < -0.3 is 0 Å². The second-order valence-electron chi connectivity index (χ2n) is 6.46. The van der Waals surface area contributed by atoms with Gasteiger partial charge in [-0.15, -0.1) is 0 Å². The lowest BCUT2D eigenvalue weighted by Gasteiger charge is -2.50. The van der Waals surface area contributed by atoms with Crippen molar-refractivity contribution in [1.82, 2.24) is 9.80 Å². The number of hydrogen-bond acceptors (Lipinski definition) is 3. The van der Waals surface area contributed by atoms with Crippen LogP contribution in [0.5, 0.6) is 0 Å². The van der Waals surface area contributed by atoms with E-state index in [0.29, 0.717) is 0 Å². The fourth-order valence-corrected chi connectivity index (χ4v) is 5.41. The molecule has 0 N–H and O–H groups in total. The van der Waals surface area contributed by atoms with Gasteiger partial charge in [-0.2, -0.15) is 11.8 Å². The third-order valence-corrected chi connectivity index (χ3v) is 6.54. The highest BCUT2D eigenvalue weighted by atomic mass is 32.2. The topological polar surface area (TPSA) is 6.48 Å². The van der Waals surface area contributed by atoms with Crippen LogP contribution in [-0.4, -0.2) is 59.1 Å². The normalized spacial score (nSPS) is 43.0. The van der Waals surface area contributed by atoms with Crippen molar-refractivity contribution >= 4 is 11.8 Å². The summed E-state index contributed by atoms with van der Waals surface area (Å²) < 4.78 is 0. The largest absolute Gasteiger partial charge is 0.298 e. The number of rotatable bonds is 2. The van der Waals surface area contributed by atoms with E-state index in [1.807, 2.05) is 0 Å². The second-order valence-corrected chi connectivity index (χ2v) is 7.54. The third kappa shape index (κ3) is 2.46. The summed E-state index contributed by atoms with van der Waals surface area (Å²) in [6, 6.07) is 2.52. The zero-order valence-corrected chi connectivity index (χ0v) is 12.8. The van der Waals surface area contributed by atoms with Crippen molar-refractivity contribution in [1.29, 1.82) is 0 Å². The highest BCUT2D eigenvalue weighted by Crippen LogP contribution is 2.35. The quantitative estimate of drug-likeness (QED) is 0.760. The van der Waals surface area contributed by atoms with E-state index >= 15 is 0 Å². The zero-order valence-electron chi connectivity index (χ0n) is 12.0. The summed E-state index contributed by atoms with van der Waals surface area (Å²) in [5.41, 5.74) is 0. The molecule has 0 bridgehead atoms. The molecule has 2 saturated heterocycles. The molecule has 0 radical (unpaired) electrons. The Morgan fingerprint density at radius 2 is 1.89 bits per heavy atom. The standard InChI is InChI=1S/C15H28N2S/c1-12-10-16-9-4-3-6-13(16)11-17(12)14-7-5-8-15(14)18-2/h12-15H,3-11H2,1-2H3. The van der Waals surface area contributed by atoms with Crippen LogP contribution in [0.15, 0.2) is 0 Å². The van der Waals surface area contributed by atoms with E-state index in [1.54, 1.807) is 0 Å². The summed E-state index contributed by atoms with van der Waals surface area (Å²) in [7, 11) is 0. The molecule has 2 heterocycles. The van der Waals surface area contributed by atoms with Crippen molar-refractivity contribution in [2.75, 3.05) is 25.9 Å². The Hall–Kier alpha value is 0.270. The number of piperazine rings is 1. The predicted octanol–water partition coefficient (Wildman–Crippen LogP) is 2.83. The van der Waals surface area contributed by atoms with E-state index in [4.69, 9.17) is 0 Å².